The van der Waals surface area contributed by atoms with E-state index in [1.165, 1.54) is 11.3 Å². The molecule has 0 unspecified atom stereocenters. The Balaban J connectivity index is 2.67. The first kappa shape index (κ1) is 9.92. The minimum Gasteiger partial charge on any atom is -0.463 e. The molecule has 0 aliphatic carbocycles. The molecule has 0 atom stereocenters. The number of carbonyl (C=O) groups is 1. The number of rotatable bonds is 3. The van der Waals surface area contributed by atoms with Crippen LogP contribution in [-0.2, 0) is 9.53 Å². The maximum absolute atomic E-state index is 13.1. The zero-order chi connectivity index (χ0) is 9.68. The Morgan fingerprint density at radius 2 is 2.54 bits per heavy atom. The molecule has 0 aliphatic rings. The SMILES string of the molecule is CCOC(=O)/C=C(/F)c1cccs1. The molecular formula is C9H9FO2S. The summed E-state index contributed by atoms with van der Waals surface area (Å²) in [5.74, 6) is -1.19. The molecule has 13 heavy (non-hydrogen) atoms. The van der Waals surface area contributed by atoms with Crippen LogP contribution in [0.1, 0.15) is 11.8 Å². The van der Waals surface area contributed by atoms with Crippen LogP contribution >= 0.6 is 11.3 Å². The predicted molar refractivity (Wildman–Crippen MR) is 50.0 cm³/mol. The monoisotopic (exact) mass is 200 g/mol. The third-order valence-electron chi connectivity index (χ3n) is 1.29. The lowest BCUT2D eigenvalue weighted by molar-refractivity contribution is -0.137. The highest BCUT2D eigenvalue weighted by molar-refractivity contribution is 7.11. The van der Waals surface area contributed by atoms with E-state index in [1.807, 2.05) is 0 Å². The van der Waals surface area contributed by atoms with Gasteiger partial charge >= 0.3 is 5.97 Å². The largest absolute Gasteiger partial charge is 0.463 e. The lowest BCUT2D eigenvalue weighted by Crippen LogP contribution is -1.99. The molecule has 1 aromatic heterocycles. The summed E-state index contributed by atoms with van der Waals surface area (Å²) in [4.78, 5) is 11.3. The Morgan fingerprint density at radius 1 is 1.77 bits per heavy atom. The Morgan fingerprint density at radius 3 is 3.08 bits per heavy atom. The molecule has 0 spiro atoms. The fourth-order valence-electron chi connectivity index (χ4n) is 0.773. The fourth-order valence-corrected chi connectivity index (χ4v) is 1.41. The van der Waals surface area contributed by atoms with Gasteiger partial charge in [0.2, 0.25) is 0 Å². The third-order valence-corrected chi connectivity index (χ3v) is 2.17. The highest BCUT2D eigenvalue weighted by atomic mass is 32.1. The van der Waals surface area contributed by atoms with E-state index >= 15 is 0 Å². The van der Waals surface area contributed by atoms with E-state index in [0.717, 1.165) is 6.08 Å². The molecule has 0 aromatic carbocycles. The topological polar surface area (TPSA) is 26.3 Å². The van der Waals surface area contributed by atoms with Gasteiger partial charge in [-0.25, -0.2) is 9.18 Å². The maximum Gasteiger partial charge on any atom is 0.333 e. The second-order valence-electron chi connectivity index (χ2n) is 2.22. The number of hydrogen-bond acceptors (Lipinski definition) is 3. The first-order valence-corrected chi connectivity index (χ1v) is 4.70. The zero-order valence-corrected chi connectivity index (χ0v) is 7.94. The summed E-state index contributed by atoms with van der Waals surface area (Å²) >= 11 is 1.24. The average molecular weight is 200 g/mol. The zero-order valence-electron chi connectivity index (χ0n) is 7.12. The van der Waals surface area contributed by atoms with Gasteiger partial charge in [0.1, 0.15) is 5.83 Å². The lowest BCUT2D eigenvalue weighted by atomic mass is 10.4. The quantitative estimate of drug-likeness (QED) is 0.553. The first-order valence-electron chi connectivity index (χ1n) is 3.82. The normalized spacial score (nSPS) is 11.4. The molecule has 0 saturated heterocycles. The van der Waals surface area contributed by atoms with E-state index in [1.54, 1.807) is 24.4 Å². The van der Waals surface area contributed by atoms with Gasteiger partial charge in [-0.3, -0.25) is 0 Å². The highest BCUT2D eigenvalue weighted by Crippen LogP contribution is 2.20. The van der Waals surface area contributed by atoms with Crippen LogP contribution in [0.4, 0.5) is 4.39 Å². The van der Waals surface area contributed by atoms with Crippen LogP contribution in [0.3, 0.4) is 0 Å². The summed E-state index contributed by atoms with van der Waals surface area (Å²) in [5, 5.41) is 1.74. The highest BCUT2D eigenvalue weighted by Gasteiger charge is 2.04. The van der Waals surface area contributed by atoms with Crippen LogP contribution in [0.25, 0.3) is 5.83 Å². The predicted octanol–water partition coefficient (Wildman–Crippen LogP) is 2.62. The van der Waals surface area contributed by atoms with Gasteiger partial charge < -0.3 is 4.74 Å². The van der Waals surface area contributed by atoms with E-state index in [9.17, 15) is 9.18 Å². The van der Waals surface area contributed by atoms with E-state index in [4.69, 9.17) is 0 Å². The number of carbonyl (C=O) groups excluding carboxylic acids is 1. The second-order valence-corrected chi connectivity index (χ2v) is 3.17. The molecule has 0 radical (unpaired) electrons. The molecule has 0 amide bonds. The van der Waals surface area contributed by atoms with Crippen molar-refractivity contribution in [3.8, 4) is 0 Å². The Hall–Kier alpha value is -1.16. The molecule has 0 N–H and O–H groups in total. The molecular weight excluding hydrogens is 191 g/mol. The van der Waals surface area contributed by atoms with Crippen molar-refractivity contribution in [2.45, 2.75) is 6.92 Å². The molecule has 0 saturated carbocycles. The Labute approximate surface area is 79.6 Å². The minimum atomic E-state index is -0.645. The molecule has 4 heteroatoms. The average Bonchev–Trinajstić information content (AvgIpc) is 2.55. The standard InChI is InChI=1S/C9H9FO2S/c1-2-12-9(11)6-7(10)8-4-3-5-13-8/h3-6H,2H2,1H3/b7-6+. The van der Waals surface area contributed by atoms with Crippen molar-refractivity contribution in [2.24, 2.45) is 0 Å². The lowest BCUT2D eigenvalue weighted by Gasteiger charge is -1.95. The van der Waals surface area contributed by atoms with Crippen molar-refractivity contribution >= 4 is 23.1 Å². The molecule has 0 aliphatic heterocycles. The van der Waals surface area contributed by atoms with Crippen molar-refractivity contribution in [1.29, 1.82) is 0 Å². The number of ether oxygens (including phenoxy) is 1. The van der Waals surface area contributed by atoms with Gasteiger partial charge in [-0.05, 0) is 18.4 Å². The summed E-state index contributed by atoms with van der Waals surface area (Å²) in [6, 6.07) is 3.33. The van der Waals surface area contributed by atoms with Crippen LogP contribution in [0, 0.1) is 0 Å². The summed E-state index contributed by atoms with van der Waals surface area (Å²) in [6.07, 6.45) is 0.856. The van der Waals surface area contributed by atoms with Gasteiger partial charge in [0.15, 0.2) is 0 Å². The summed E-state index contributed by atoms with van der Waals surface area (Å²) < 4.78 is 17.7. The van der Waals surface area contributed by atoms with E-state index < -0.39 is 11.8 Å². The van der Waals surface area contributed by atoms with Crippen LogP contribution in [0.15, 0.2) is 23.6 Å². The van der Waals surface area contributed by atoms with Gasteiger partial charge in [0, 0.05) is 0 Å². The number of esters is 1. The van der Waals surface area contributed by atoms with E-state index in [0.29, 0.717) is 4.88 Å². The summed E-state index contributed by atoms with van der Waals surface area (Å²) in [7, 11) is 0. The van der Waals surface area contributed by atoms with Gasteiger partial charge in [0.25, 0.3) is 0 Å². The van der Waals surface area contributed by atoms with Crippen molar-refractivity contribution in [1.82, 2.24) is 0 Å². The second kappa shape index (κ2) is 4.77. The van der Waals surface area contributed by atoms with Crippen molar-refractivity contribution in [3.05, 3.63) is 28.5 Å². The van der Waals surface area contributed by atoms with Gasteiger partial charge in [-0.2, -0.15) is 0 Å². The van der Waals surface area contributed by atoms with Crippen LogP contribution < -0.4 is 0 Å². The van der Waals surface area contributed by atoms with Crippen molar-refractivity contribution in [2.75, 3.05) is 6.61 Å². The summed E-state index contributed by atoms with van der Waals surface area (Å²) in [6.45, 7) is 1.93. The van der Waals surface area contributed by atoms with Gasteiger partial charge in [-0.1, -0.05) is 6.07 Å². The van der Waals surface area contributed by atoms with Crippen molar-refractivity contribution < 1.29 is 13.9 Å². The molecule has 1 heterocycles. The smallest absolute Gasteiger partial charge is 0.333 e. The molecule has 0 fully saturated rings. The van der Waals surface area contributed by atoms with Crippen LogP contribution in [0.5, 0.6) is 0 Å². The minimum absolute atomic E-state index is 0.257. The first-order chi connectivity index (χ1) is 6.24. The molecule has 2 nitrogen and oxygen atoms in total. The van der Waals surface area contributed by atoms with Crippen LogP contribution in [-0.4, -0.2) is 12.6 Å². The number of hydrogen-bond donors (Lipinski definition) is 0. The Kier molecular flexibility index (Phi) is 3.64. The molecule has 0 bridgehead atoms. The van der Waals surface area contributed by atoms with E-state index in [2.05, 4.69) is 4.74 Å². The Bertz CT molecular complexity index is 303. The summed E-state index contributed by atoms with van der Waals surface area (Å²) in [5.41, 5.74) is 0. The fraction of sp³-hybridized carbons (Fsp3) is 0.222. The number of thiophene rings is 1. The molecule has 1 rings (SSSR count). The van der Waals surface area contributed by atoms with E-state index in [-0.39, 0.29) is 6.61 Å². The molecule has 70 valence electrons. The van der Waals surface area contributed by atoms with Crippen LogP contribution in [0.2, 0.25) is 0 Å². The number of halogens is 1. The molecule has 1 aromatic rings. The van der Waals surface area contributed by atoms with Crippen molar-refractivity contribution in [3.63, 3.8) is 0 Å². The van der Waals surface area contributed by atoms with Gasteiger partial charge in [-0.15, -0.1) is 11.3 Å². The van der Waals surface area contributed by atoms with Gasteiger partial charge in [0.05, 0.1) is 17.6 Å². The third kappa shape index (κ3) is 2.99. The maximum atomic E-state index is 13.1.